The van der Waals surface area contributed by atoms with Gasteiger partial charge in [-0.3, -0.25) is 10.2 Å². The van der Waals surface area contributed by atoms with Crippen LogP contribution in [0.3, 0.4) is 0 Å². The number of nitrogens with zero attached hydrogens (tertiary/aromatic N) is 5. The first-order valence-electron chi connectivity index (χ1n) is 14.0. The van der Waals surface area contributed by atoms with Crippen LogP contribution in [0.4, 0.5) is 19.0 Å². The van der Waals surface area contributed by atoms with Crippen LogP contribution in [0.1, 0.15) is 51.5 Å². The molecular weight excluding hydrogens is 603 g/mol. The minimum atomic E-state index is -4.76. The molecule has 3 atom stereocenters. The van der Waals surface area contributed by atoms with Crippen LogP contribution in [0, 0.1) is 18.3 Å². The topological polar surface area (TPSA) is 162 Å². The molecule has 0 spiro atoms. The molecule has 16 heteroatoms. The molecule has 238 valence electrons. The fraction of sp³-hybridized carbons (Fsp3) is 0.464. The van der Waals surface area contributed by atoms with E-state index in [2.05, 4.69) is 5.10 Å². The van der Waals surface area contributed by atoms with Crippen LogP contribution in [-0.2, 0) is 16.8 Å². The molecule has 2 fully saturated rings. The highest BCUT2D eigenvalue weighted by atomic mass is 32.2. The van der Waals surface area contributed by atoms with Gasteiger partial charge in [-0.15, -0.1) is 0 Å². The Bertz CT molecular complexity index is 1640. The molecule has 0 bridgehead atoms. The summed E-state index contributed by atoms with van der Waals surface area (Å²) in [7, 11) is -2.54. The molecule has 0 amide bonds. The third-order valence-electron chi connectivity index (χ3n) is 8.22. The van der Waals surface area contributed by atoms with Crippen molar-refractivity contribution in [1.29, 1.82) is 5.41 Å². The number of piperidine rings is 1. The van der Waals surface area contributed by atoms with E-state index in [1.54, 1.807) is 43.1 Å². The molecule has 2 aromatic heterocycles. The fourth-order valence-corrected chi connectivity index (χ4v) is 7.44. The summed E-state index contributed by atoms with van der Waals surface area (Å²) in [6.07, 6.45) is -2.94. The fourth-order valence-electron chi connectivity index (χ4n) is 5.73. The van der Waals surface area contributed by atoms with E-state index in [1.165, 1.54) is 18.6 Å². The molecule has 1 aromatic carbocycles. The van der Waals surface area contributed by atoms with Gasteiger partial charge in [0.05, 0.1) is 29.5 Å². The highest BCUT2D eigenvalue weighted by molar-refractivity contribution is 7.86. The molecule has 2 aliphatic heterocycles. The number of aryl methyl sites for hydroxylation is 1. The second-order valence-electron chi connectivity index (χ2n) is 11.3. The van der Waals surface area contributed by atoms with Crippen LogP contribution < -0.4 is 10.6 Å². The number of carbonyl (C=O) groups is 1. The Kier molecular flexibility index (Phi) is 8.63. The molecule has 44 heavy (non-hydrogen) atoms. The predicted octanol–water partition coefficient (Wildman–Crippen LogP) is 2.67. The third kappa shape index (κ3) is 6.24. The summed E-state index contributed by atoms with van der Waals surface area (Å²) >= 11 is 0. The number of alkyl halides is 3. The van der Waals surface area contributed by atoms with Gasteiger partial charge in [-0.1, -0.05) is 24.3 Å². The van der Waals surface area contributed by atoms with Crippen molar-refractivity contribution in [1.82, 2.24) is 18.4 Å². The Morgan fingerprint density at radius 2 is 1.82 bits per heavy atom. The lowest BCUT2D eigenvalue weighted by molar-refractivity contribution is -0.188. The number of nitrogens with one attached hydrogen (secondary N) is 1. The van der Waals surface area contributed by atoms with E-state index in [4.69, 9.17) is 15.6 Å². The average Bonchev–Trinajstić information content (AvgIpc) is 3.72. The van der Waals surface area contributed by atoms with Crippen molar-refractivity contribution in [3.63, 3.8) is 0 Å². The van der Waals surface area contributed by atoms with E-state index in [0.29, 0.717) is 11.1 Å². The van der Waals surface area contributed by atoms with Gasteiger partial charge < -0.3 is 20.2 Å². The number of benzene rings is 1. The number of anilines is 1. The number of hydrogen-bond donors (Lipinski definition) is 3. The standard InChI is InChI=1S/C28H34F3N7O5S/c1-17-15-43-16-22(17)27(40)38-25(35(2)12-18-3-5-19(6-4-18)26(32)33)11-24(34-38)21-8-10-37(14-23(21)28(29,30)31)44(41,42)36-9-7-20(39)13-36/h3-6,11,15-16,20-21,23,39H,7-10,12-14H2,1-2H3,(H3,32,33). The SMILES string of the molecule is Cc1cocc1C(=O)n1nc(C2CCN(S(=O)(=O)N3CCC(O)C3)CC2C(F)(F)F)cc1N(C)Cc1ccc(C(=N)N)cc1. The normalized spacial score (nSPS) is 21.9. The largest absolute Gasteiger partial charge is 0.471 e. The number of hydrogen-bond acceptors (Lipinski definition) is 8. The number of nitrogen functional groups attached to an aromatic ring is 1. The lowest BCUT2D eigenvalue weighted by Gasteiger charge is -2.39. The second-order valence-corrected chi connectivity index (χ2v) is 13.2. The number of carbonyl (C=O) groups excluding carboxylic acids is 1. The number of nitrogens with two attached hydrogens (primary N) is 1. The molecule has 4 N–H and O–H groups in total. The van der Waals surface area contributed by atoms with Gasteiger partial charge in [-0.2, -0.15) is 40.0 Å². The van der Waals surface area contributed by atoms with Gasteiger partial charge in [-0.25, -0.2) is 0 Å². The number of halogens is 3. The zero-order chi connectivity index (χ0) is 32.0. The van der Waals surface area contributed by atoms with Crippen molar-refractivity contribution in [2.75, 3.05) is 38.1 Å². The Labute approximate surface area is 252 Å². The molecule has 3 aromatic rings. The Balaban J connectivity index is 1.48. The quantitative estimate of drug-likeness (QED) is 0.251. The van der Waals surface area contributed by atoms with Gasteiger partial charge in [0.25, 0.3) is 16.1 Å². The van der Waals surface area contributed by atoms with Crippen LogP contribution >= 0.6 is 0 Å². The smallest absolute Gasteiger partial charge is 0.393 e. The zero-order valence-corrected chi connectivity index (χ0v) is 25.0. The maximum Gasteiger partial charge on any atom is 0.393 e. The van der Waals surface area contributed by atoms with Gasteiger partial charge in [0.2, 0.25) is 0 Å². The van der Waals surface area contributed by atoms with Crippen molar-refractivity contribution in [2.24, 2.45) is 11.7 Å². The number of β-amino-alcohol motifs (C(OH)–C–C–N with tert-alkyl or cyclic N) is 1. The van der Waals surface area contributed by atoms with Crippen LogP contribution in [0.25, 0.3) is 0 Å². The van der Waals surface area contributed by atoms with Crippen LogP contribution in [-0.4, -0.2) is 89.2 Å². The molecule has 5 rings (SSSR count). The van der Waals surface area contributed by atoms with Gasteiger partial charge >= 0.3 is 6.18 Å². The van der Waals surface area contributed by atoms with Gasteiger partial charge in [0.15, 0.2) is 0 Å². The highest BCUT2D eigenvalue weighted by Crippen LogP contribution is 2.44. The van der Waals surface area contributed by atoms with Crippen molar-refractivity contribution < 1.29 is 35.9 Å². The summed E-state index contributed by atoms with van der Waals surface area (Å²) in [6, 6.07) is 8.31. The summed E-state index contributed by atoms with van der Waals surface area (Å²) in [5.41, 5.74) is 7.60. The average molecular weight is 638 g/mol. The van der Waals surface area contributed by atoms with Gasteiger partial charge in [0, 0.05) is 62.9 Å². The molecule has 12 nitrogen and oxygen atoms in total. The number of aliphatic hydroxyl groups excluding tert-OH is 1. The van der Waals surface area contributed by atoms with E-state index < -0.39 is 46.8 Å². The molecule has 0 radical (unpaired) electrons. The van der Waals surface area contributed by atoms with Crippen LogP contribution in [0.2, 0.25) is 0 Å². The summed E-state index contributed by atoms with van der Waals surface area (Å²) in [5.74, 6) is -3.74. The molecule has 2 saturated heterocycles. The number of amidine groups is 1. The first-order valence-corrected chi connectivity index (χ1v) is 15.4. The monoisotopic (exact) mass is 637 g/mol. The van der Waals surface area contributed by atoms with Crippen LogP contribution in [0.15, 0.2) is 47.3 Å². The maximum atomic E-state index is 14.5. The molecule has 2 aliphatic rings. The van der Waals surface area contributed by atoms with Gasteiger partial charge in [-0.05, 0) is 25.3 Å². The Morgan fingerprint density at radius 3 is 2.39 bits per heavy atom. The van der Waals surface area contributed by atoms with Gasteiger partial charge in [0.1, 0.15) is 17.9 Å². The first-order chi connectivity index (χ1) is 20.7. The number of aromatic nitrogens is 2. The van der Waals surface area contributed by atoms with Crippen molar-refractivity contribution >= 4 is 27.8 Å². The van der Waals surface area contributed by atoms with E-state index in [1.807, 2.05) is 0 Å². The van der Waals surface area contributed by atoms with E-state index in [-0.39, 0.29) is 61.9 Å². The Morgan fingerprint density at radius 1 is 1.16 bits per heavy atom. The molecule has 0 saturated carbocycles. The molecule has 3 unspecified atom stereocenters. The Hall–Kier alpha value is -3.73. The van der Waals surface area contributed by atoms with Crippen molar-refractivity contribution in [3.8, 4) is 0 Å². The minimum absolute atomic E-state index is 0.0178. The summed E-state index contributed by atoms with van der Waals surface area (Å²) in [4.78, 5) is 15.3. The third-order valence-corrected chi connectivity index (χ3v) is 10.2. The summed E-state index contributed by atoms with van der Waals surface area (Å²) in [5, 5.41) is 21.8. The predicted molar refractivity (Wildman–Crippen MR) is 155 cm³/mol. The van der Waals surface area contributed by atoms with Crippen molar-refractivity contribution in [2.45, 2.75) is 44.5 Å². The summed E-state index contributed by atoms with van der Waals surface area (Å²) < 4.78 is 78.0. The number of furan rings is 1. The first kappa shape index (κ1) is 31.7. The van der Waals surface area contributed by atoms with Crippen molar-refractivity contribution in [3.05, 3.63) is 70.8 Å². The molecular formula is C28H34F3N7O5S. The van der Waals surface area contributed by atoms with E-state index in [9.17, 15) is 31.5 Å². The number of rotatable bonds is 8. The highest BCUT2D eigenvalue weighted by Gasteiger charge is 2.51. The summed E-state index contributed by atoms with van der Waals surface area (Å²) in [6.45, 7) is 0.803. The van der Waals surface area contributed by atoms with E-state index in [0.717, 1.165) is 18.9 Å². The lowest BCUT2D eigenvalue weighted by Crippen LogP contribution is -2.52. The zero-order valence-electron chi connectivity index (χ0n) is 24.2. The maximum absolute atomic E-state index is 14.5. The van der Waals surface area contributed by atoms with Crippen LogP contribution in [0.5, 0.6) is 0 Å². The lowest BCUT2D eigenvalue weighted by atomic mass is 9.83. The molecule has 4 heterocycles. The minimum Gasteiger partial charge on any atom is -0.471 e. The second kappa shape index (κ2) is 12.0. The van der Waals surface area contributed by atoms with E-state index >= 15 is 0 Å². The molecule has 0 aliphatic carbocycles. The number of aliphatic hydroxyl groups is 1.